The summed E-state index contributed by atoms with van der Waals surface area (Å²) in [6, 6.07) is 15.6. The fourth-order valence-electron chi connectivity index (χ4n) is 5.54. The molecule has 6 heteroatoms. The third-order valence-corrected chi connectivity index (χ3v) is 7.03. The maximum Gasteiger partial charge on any atom is 0.416 e. The van der Waals surface area contributed by atoms with Crippen LogP contribution in [-0.4, -0.2) is 29.9 Å². The lowest BCUT2D eigenvalue weighted by Gasteiger charge is -2.26. The third kappa shape index (κ3) is 5.01. The molecule has 0 bridgehead atoms. The Morgan fingerprint density at radius 1 is 1.06 bits per heavy atom. The van der Waals surface area contributed by atoms with Crippen molar-refractivity contribution in [3.8, 4) is 0 Å². The third-order valence-electron chi connectivity index (χ3n) is 7.03. The molecule has 1 aliphatic carbocycles. The number of halogens is 3. The molecule has 2 fully saturated rings. The van der Waals surface area contributed by atoms with E-state index in [1.165, 1.54) is 12.1 Å². The number of fused-ring (bicyclic) bond motifs is 1. The molecule has 0 spiro atoms. The van der Waals surface area contributed by atoms with Gasteiger partial charge in [-0.1, -0.05) is 62.4 Å². The van der Waals surface area contributed by atoms with Gasteiger partial charge in [-0.25, -0.2) is 0 Å². The molecule has 1 saturated heterocycles. The molecule has 1 saturated carbocycles. The van der Waals surface area contributed by atoms with E-state index in [0.717, 1.165) is 37.6 Å². The lowest BCUT2D eigenvalue weighted by molar-refractivity contribution is -0.137. The number of carbonyl (C=O) groups excluding carboxylic acids is 1. The molecular weight excluding hydrogens is 413 g/mol. The maximum atomic E-state index is 13.2. The van der Waals surface area contributed by atoms with E-state index in [1.807, 2.05) is 30.3 Å². The summed E-state index contributed by atoms with van der Waals surface area (Å²) in [6.07, 6.45) is -2.30. The SMILES string of the molecule is CC(C)C(C(=O)N[C@@H]1CC[C@H]2CN(Cc3cccc(C(F)(F)F)c3)C[C@H]21)c1ccccc1. The average molecular weight is 445 g/mol. The Labute approximate surface area is 188 Å². The van der Waals surface area contributed by atoms with Crippen LogP contribution in [0.3, 0.4) is 0 Å². The first kappa shape index (κ1) is 22.8. The number of nitrogens with zero attached hydrogens (tertiary/aromatic N) is 1. The van der Waals surface area contributed by atoms with Crippen molar-refractivity contribution in [3.05, 3.63) is 71.3 Å². The number of hydrogen-bond donors (Lipinski definition) is 1. The van der Waals surface area contributed by atoms with Crippen molar-refractivity contribution >= 4 is 5.91 Å². The summed E-state index contributed by atoms with van der Waals surface area (Å²) >= 11 is 0. The number of alkyl halides is 3. The van der Waals surface area contributed by atoms with Gasteiger partial charge in [0.2, 0.25) is 5.91 Å². The first-order valence-electron chi connectivity index (χ1n) is 11.5. The highest BCUT2D eigenvalue weighted by atomic mass is 19.4. The van der Waals surface area contributed by atoms with Gasteiger partial charge >= 0.3 is 6.18 Å². The molecule has 1 heterocycles. The van der Waals surface area contributed by atoms with Crippen molar-refractivity contribution in [2.24, 2.45) is 17.8 Å². The van der Waals surface area contributed by atoms with Crippen LogP contribution in [0, 0.1) is 17.8 Å². The second-order valence-electron chi connectivity index (χ2n) is 9.64. The van der Waals surface area contributed by atoms with Crippen LogP contribution in [0.4, 0.5) is 13.2 Å². The lowest BCUT2D eigenvalue weighted by atomic mass is 9.87. The second kappa shape index (κ2) is 9.26. The van der Waals surface area contributed by atoms with Crippen LogP contribution in [-0.2, 0) is 17.5 Å². The summed E-state index contributed by atoms with van der Waals surface area (Å²) in [6.45, 7) is 6.33. The van der Waals surface area contributed by atoms with E-state index in [1.54, 1.807) is 6.07 Å². The number of benzene rings is 2. The molecule has 1 N–H and O–H groups in total. The molecule has 2 aliphatic rings. The summed E-state index contributed by atoms with van der Waals surface area (Å²) in [5, 5.41) is 3.33. The highest BCUT2D eigenvalue weighted by Gasteiger charge is 2.43. The largest absolute Gasteiger partial charge is 0.416 e. The van der Waals surface area contributed by atoms with Crippen molar-refractivity contribution in [1.29, 1.82) is 0 Å². The number of rotatable bonds is 6. The Morgan fingerprint density at radius 2 is 1.81 bits per heavy atom. The molecule has 1 aliphatic heterocycles. The molecule has 2 aromatic rings. The summed E-state index contributed by atoms with van der Waals surface area (Å²) in [7, 11) is 0. The van der Waals surface area contributed by atoms with Crippen molar-refractivity contribution in [2.75, 3.05) is 13.1 Å². The summed E-state index contributed by atoms with van der Waals surface area (Å²) < 4.78 is 39.1. The van der Waals surface area contributed by atoms with E-state index in [9.17, 15) is 18.0 Å². The zero-order chi connectivity index (χ0) is 22.9. The van der Waals surface area contributed by atoms with Crippen LogP contribution in [0.1, 0.15) is 49.3 Å². The first-order chi connectivity index (χ1) is 15.2. The standard InChI is InChI=1S/C26H31F3N2O/c1-17(2)24(19-8-4-3-5-9-19)25(32)30-23-12-11-20-15-31(16-22(20)23)14-18-7-6-10-21(13-18)26(27,28)29/h3-10,13,17,20,22-24H,11-12,14-16H2,1-2H3,(H,30,32)/t20-,22+,23+,24?/m0/s1. The van der Waals surface area contributed by atoms with Crippen LogP contribution in [0.25, 0.3) is 0 Å². The van der Waals surface area contributed by atoms with Crippen molar-refractivity contribution in [3.63, 3.8) is 0 Å². The molecule has 1 unspecified atom stereocenters. The van der Waals surface area contributed by atoms with Crippen LogP contribution in [0.5, 0.6) is 0 Å². The summed E-state index contributed by atoms with van der Waals surface area (Å²) in [5.74, 6) is 0.926. The Kier molecular flexibility index (Phi) is 6.61. The predicted molar refractivity (Wildman–Crippen MR) is 119 cm³/mol. The highest BCUT2D eigenvalue weighted by molar-refractivity contribution is 5.84. The monoisotopic (exact) mass is 444 g/mol. The van der Waals surface area contributed by atoms with Crippen molar-refractivity contribution in [2.45, 2.75) is 51.4 Å². The van der Waals surface area contributed by atoms with Gasteiger partial charge in [-0.3, -0.25) is 9.69 Å². The molecule has 4 atom stereocenters. The van der Waals surface area contributed by atoms with E-state index in [2.05, 4.69) is 24.1 Å². The number of carbonyl (C=O) groups is 1. The van der Waals surface area contributed by atoms with Crippen molar-refractivity contribution < 1.29 is 18.0 Å². The summed E-state index contributed by atoms with van der Waals surface area (Å²) in [4.78, 5) is 15.4. The molecular formula is C26H31F3N2O. The molecule has 3 nitrogen and oxygen atoms in total. The van der Waals surface area contributed by atoms with E-state index in [0.29, 0.717) is 23.9 Å². The van der Waals surface area contributed by atoms with Crippen LogP contribution < -0.4 is 5.32 Å². The molecule has 172 valence electrons. The second-order valence-corrected chi connectivity index (χ2v) is 9.64. The van der Waals surface area contributed by atoms with Gasteiger partial charge in [0.05, 0.1) is 11.5 Å². The van der Waals surface area contributed by atoms with Gasteiger partial charge in [0.25, 0.3) is 0 Å². The molecule has 0 radical (unpaired) electrons. The fourth-order valence-corrected chi connectivity index (χ4v) is 5.54. The minimum atomic E-state index is -4.32. The minimum Gasteiger partial charge on any atom is -0.352 e. The Hall–Kier alpha value is -2.34. The normalized spacial score (nSPS) is 24.5. The highest BCUT2D eigenvalue weighted by Crippen LogP contribution is 2.39. The maximum absolute atomic E-state index is 13.2. The van der Waals surface area contributed by atoms with Gasteiger partial charge in [-0.15, -0.1) is 0 Å². The quantitative estimate of drug-likeness (QED) is 0.641. The molecule has 1 amide bonds. The van der Waals surface area contributed by atoms with Gasteiger partial charge < -0.3 is 5.32 Å². The Morgan fingerprint density at radius 3 is 2.50 bits per heavy atom. The predicted octanol–water partition coefficient (Wildman–Crippen LogP) is 5.47. The molecule has 0 aromatic heterocycles. The average Bonchev–Trinajstić information content (AvgIpc) is 3.29. The van der Waals surface area contributed by atoms with Gasteiger partial charge in [0.1, 0.15) is 0 Å². The van der Waals surface area contributed by atoms with Crippen LogP contribution in [0.2, 0.25) is 0 Å². The van der Waals surface area contributed by atoms with E-state index in [4.69, 9.17) is 0 Å². The number of hydrogen-bond acceptors (Lipinski definition) is 2. The van der Waals surface area contributed by atoms with E-state index < -0.39 is 11.7 Å². The zero-order valence-corrected chi connectivity index (χ0v) is 18.6. The van der Waals surface area contributed by atoms with E-state index in [-0.39, 0.29) is 23.8 Å². The Balaban J connectivity index is 1.39. The molecule has 32 heavy (non-hydrogen) atoms. The minimum absolute atomic E-state index is 0.0770. The first-order valence-corrected chi connectivity index (χ1v) is 11.5. The van der Waals surface area contributed by atoms with Crippen molar-refractivity contribution in [1.82, 2.24) is 10.2 Å². The number of amides is 1. The smallest absolute Gasteiger partial charge is 0.352 e. The topological polar surface area (TPSA) is 32.3 Å². The molecule has 2 aromatic carbocycles. The number of nitrogens with one attached hydrogen (secondary N) is 1. The summed E-state index contributed by atoms with van der Waals surface area (Å²) in [5.41, 5.74) is 1.12. The van der Waals surface area contributed by atoms with Gasteiger partial charge in [0.15, 0.2) is 0 Å². The fraction of sp³-hybridized carbons (Fsp3) is 0.500. The Bertz CT molecular complexity index is 928. The van der Waals surface area contributed by atoms with Gasteiger partial charge in [-0.05, 0) is 47.8 Å². The zero-order valence-electron chi connectivity index (χ0n) is 18.6. The van der Waals surface area contributed by atoms with E-state index >= 15 is 0 Å². The van der Waals surface area contributed by atoms with Gasteiger partial charge in [-0.2, -0.15) is 13.2 Å². The van der Waals surface area contributed by atoms with Crippen LogP contribution >= 0.6 is 0 Å². The molecule has 4 rings (SSSR count). The lowest BCUT2D eigenvalue weighted by Crippen LogP contribution is -2.43. The van der Waals surface area contributed by atoms with Gasteiger partial charge in [0, 0.05) is 25.7 Å². The number of likely N-dealkylation sites (tertiary alicyclic amines) is 1. The van der Waals surface area contributed by atoms with Crippen LogP contribution in [0.15, 0.2) is 54.6 Å².